The molecule has 0 bridgehead atoms. The van der Waals surface area contributed by atoms with Gasteiger partial charge in [0.05, 0.1) is 6.61 Å². The molecule has 0 aliphatic heterocycles. The summed E-state index contributed by atoms with van der Waals surface area (Å²) < 4.78 is 14.8. The standard InChI is InChI=1S/C21H45N2O5P/c1-2-3-4-5-6-7-8-9-10-11-12-13-14-15-16-17-18-23-21(24)20(22)19-28-29(25,26)27/h20H,2-19,22H2,1H3,(H,23,24)(H2,25,26,27). The zero-order valence-corrected chi connectivity index (χ0v) is 19.3. The number of amides is 1. The van der Waals surface area contributed by atoms with Crippen molar-refractivity contribution in [3.05, 3.63) is 0 Å². The number of nitrogens with one attached hydrogen (secondary N) is 1. The second kappa shape index (κ2) is 19.5. The van der Waals surface area contributed by atoms with Gasteiger partial charge in [0.25, 0.3) is 0 Å². The lowest BCUT2D eigenvalue weighted by molar-refractivity contribution is -0.123. The van der Waals surface area contributed by atoms with Gasteiger partial charge in [-0.1, -0.05) is 103 Å². The van der Waals surface area contributed by atoms with Crippen molar-refractivity contribution in [3.8, 4) is 0 Å². The van der Waals surface area contributed by atoms with Crippen molar-refractivity contribution >= 4 is 13.7 Å². The first-order valence-corrected chi connectivity index (χ1v) is 13.1. The lowest BCUT2D eigenvalue weighted by Crippen LogP contribution is -2.43. The van der Waals surface area contributed by atoms with Crippen LogP contribution in [0.15, 0.2) is 0 Å². The smallest absolute Gasteiger partial charge is 0.355 e. The van der Waals surface area contributed by atoms with Crippen LogP contribution in [0.25, 0.3) is 0 Å². The minimum atomic E-state index is -4.58. The molecule has 0 aromatic heterocycles. The number of phosphoric ester groups is 1. The molecule has 0 rings (SSSR count). The van der Waals surface area contributed by atoms with Gasteiger partial charge in [-0.15, -0.1) is 0 Å². The molecule has 0 heterocycles. The third-order valence-corrected chi connectivity index (χ3v) is 5.57. The van der Waals surface area contributed by atoms with Crippen molar-refractivity contribution in [1.82, 2.24) is 5.32 Å². The Hall–Kier alpha value is -0.460. The highest BCUT2D eigenvalue weighted by atomic mass is 31.2. The Balaban J connectivity index is 3.27. The van der Waals surface area contributed by atoms with Crippen LogP contribution in [0.1, 0.15) is 110 Å². The summed E-state index contributed by atoms with van der Waals surface area (Å²) in [6.45, 7) is 2.30. The maximum absolute atomic E-state index is 11.7. The summed E-state index contributed by atoms with van der Waals surface area (Å²) in [6, 6.07) is -1.07. The predicted molar refractivity (Wildman–Crippen MR) is 119 cm³/mol. The fourth-order valence-electron chi connectivity index (χ4n) is 3.27. The summed E-state index contributed by atoms with van der Waals surface area (Å²) in [5, 5.41) is 2.67. The van der Waals surface area contributed by atoms with E-state index in [4.69, 9.17) is 15.5 Å². The highest BCUT2D eigenvalue weighted by molar-refractivity contribution is 7.46. The summed E-state index contributed by atoms with van der Waals surface area (Å²) in [7, 11) is -4.58. The predicted octanol–water partition coefficient (Wildman–Crippen LogP) is 4.80. The zero-order chi connectivity index (χ0) is 21.8. The van der Waals surface area contributed by atoms with Crippen LogP contribution in [0.3, 0.4) is 0 Å². The molecule has 1 atom stereocenters. The molecule has 0 aromatic carbocycles. The minimum absolute atomic E-state index is 0.445. The molecule has 1 unspecified atom stereocenters. The summed E-state index contributed by atoms with van der Waals surface area (Å²) in [6.07, 6.45) is 20.8. The Labute approximate surface area is 177 Å². The maximum atomic E-state index is 11.7. The lowest BCUT2D eigenvalue weighted by atomic mass is 10.0. The Morgan fingerprint density at radius 3 is 1.59 bits per heavy atom. The monoisotopic (exact) mass is 436 g/mol. The van der Waals surface area contributed by atoms with Gasteiger partial charge in [-0.2, -0.15) is 0 Å². The van der Waals surface area contributed by atoms with E-state index in [2.05, 4.69) is 16.8 Å². The molecule has 174 valence electrons. The summed E-state index contributed by atoms with van der Waals surface area (Å²) >= 11 is 0. The van der Waals surface area contributed by atoms with Crippen molar-refractivity contribution in [2.75, 3.05) is 13.2 Å². The van der Waals surface area contributed by atoms with Crippen LogP contribution >= 0.6 is 7.82 Å². The molecule has 8 heteroatoms. The SMILES string of the molecule is CCCCCCCCCCCCCCCCCCNC(=O)C(N)COP(=O)(O)O. The van der Waals surface area contributed by atoms with Crippen LogP contribution in [-0.4, -0.2) is 34.9 Å². The van der Waals surface area contributed by atoms with Gasteiger partial charge in [0.15, 0.2) is 0 Å². The zero-order valence-electron chi connectivity index (χ0n) is 18.4. The van der Waals surface area contributed by atoms with Gasteiger partial charge in [-0.3, -0.25) is 9.32 Å². The van der Waals surface area contributed by atoms with E-state index >= 15 is 0 Å². The van der Waals surface area contributed by atoms with Gasteiger partial charge >= 0.3 is 7.82 Å². The average molecular weight is 437 g/mol. The van der Waals surface area contributed by atoms with Crippen LogP contribution in [0.2, 0.25) is 0 Å². The summed E-state index contributed by atoms with van der Waals surface area (Å²) in [5.41, 5.74) is 5.52. The molecule has 0 aromatic rings. The molecule has 0 aliphatic carbocycles. The number of carbonyl (C=O) groups is 1. The van der Waals surface area contributed by atoms with Gasteiger partial charge in [0.1, 0.15) is 6.04 Å². The third-order valence-electron chi connectivity index (χ3n) is 5.09. The van der Waals surface area contributed by atoms with Crippen LogP contribution in [0.5, 0.6) is 0 Å². The van der Waals surface area contributed by atoms with Gasteiger partial charge in [-0.25, -0.2) is 4.57 Å². The maximum Gasteiger partial charge on any atom is 0.469 e. The molecule has 5 N–H and O–H groups in total. The van der Waals surface area contributed by atoms with E-state index in [0.29, 0.717) is 6.54 Å². The van der Waals surface area contributed by atoms with Crippen LogP contribution in [0, 0.1) is 0 Å². The van der Waals surface area contributed by atoms with Crippen molar-refractivity contribution in [2.24, 2.45) is 5.73 Å². The van der Waals surface area contributed by atoms with E-state index in [1.807, 2.05) is 0 Å². The normalized spacial score (nSPS) is 12.8. The second-order valence-corrected chi connectivity index (χ2v) is 9.23. The number of unbranched alkanes of at least 4 members (excludes halogenated alkanes) is 15. The molecule has 1 amide bonds. The Kier molecular flexibility index (Phi) is 19.2. The van der Waals surface area contributed by atoms with Gasteiger partial charge in [0, 0.05) is 6.54 Å². The largest absolute Gasteiger partial charge is 0.469 e. The molecule has 7 nitrogen and oxygen atoms in total. The number of nitrogens with two attached hydrogens (primary N) is 1. The fraction of sp³-hybridized carbons (Fsp3) is 0.952. The van der Waals surface area contributed by atoms with E-state index in [-0.39, 0.29) is 0 Å². The molecule has 29 heavy (non-hydrogen) atoms. The first-order valence-electron chi connectivity index (χ1n) is 11.6. The van der Waals surface area contributed by atoms with Crippen molar-refractivity contribution in [3.63, 3.8) is 0 Å². The second-order valence-electron chi connectivity index (χ2n) is 7.99. The first kappa shape index (κ1) is 28.5. The van der Waals surface area contributed by atoms with E-state index in [0.717, 1.165) is 12.8 Å². The summed E-state index contributed by atoms with van der Waals surface area (Å²) in [4.78, 5) is 28.8. The minimum Gasteiger partial charge on any atom is -0.355 e. The first-order chi connectivity index (χ1) is 13.9. The van der Waals surface area contributed by atoms with Crippen molar-refractivity contribution in [2.45, 2.75) is 116 Å². The highest BCUT2D eigenvalue weighted by Gasteiger charge is 2.20. The molecule has 0 saturated heterocycles. The van der Waals surface area contributed by atoms with Crippen LogP contribution < -0.4 is 11.1 Å². The number of hydrogen-bond acceptors (Lipinski definition) is 4. The Morgan fingerprint density at radius 1 is 0.828 bits per heavy atom. The van der Waals surface area contributed by atoms with Gasteiger partial charge in [-0.05, 0) is 6.42 Å². The molecular formula is C21H45N2O5P. The molecule has 0 saturated carbocycles. The Morgan fingerprint density at radius 2 is 1.21 bits per heavy atom. The number of rotatable bonds is 21. The fourth-order valence-corrected chi connectivity index (χ4v) is 3.62. The highest BCUT2D eigenvalue weighted by Crippen LogP contribution is 2.35. The van der Waals surface area contributed by atoms with Gasteiger partial charge < -0.3 is 20.8 Å². The van der Waals surface area contributed by atoms with Crippen molar-refractivity contribution in [1.29, 1.82) is 0 Å². The molecule has 0 aliphatic rings. The Bertz CT molecular complexity index is 431. The average Bonchev–Trinajstić information content (AvgIpc) is 2.67. The van der Waals surface area contributed by atoms with Gasteiger partial charge in [0.2, 0.25) is 5.91 Å². The van der Waals surface area contributed by atoms with E-state index in [1.54, 1.807) is 0 Å². The van der Waals surface area contributed by atoms with E-state index < -0.39 is 26.4 Å². The summed E-state index contributed by atoms with van der Waals surface area (Å²) in [5.74, 6) is -0.445. The van der Waals surface area contributed by atoms with Crippen LogP contribution in [-0.2, 0) is 13.9 Å². The quantitative estimate of drug-likeness (QED) is 0.151. The topological polar surface area (TPSA) is 122 Å². The number of carbonyl (C=O) groups excluding carboxylic acids is 1. The van der Waals surface area contributed by atoms with Crippen molar-refractivity contribution < 1.29 is 23.7 Å². The lowest BCUT2D eigenvalue weighted by Gasteiger charge is -2.12. The molecule has 0 fully saturated rings. The number of phosphoric acid groups is 1. The van der Waals surface area contributed by atoms with Crippen LogP contribution in [0.4, 0.5) is 0 Å². The molecule has 0 radical (unpaired) electrons. The number of hydrogen-bond donors (Lipinski definition) is 4. The third kappa shape index (κ3) is 22.1. The van der Waals surface area contributed by atoms with E-state index in [9.17, 15) is 9.36 Å². The van der Waals surface area contributed by atoms with E-state index in [1.165, 1.54) is 89.9 Å². The molecular weight excluding hydrogens is 391 g/mol. The molecule has 0 spiro atoms.